The minimum atomic E-state index is -0.727. The molecule has 0 spiro atoms. The summed E-state index contributed by atoms with van der Waals surface area (Å²) in [5.74, 6) is -1.31. The number of fused-ring (bicyclic) bond motifs is 2. The van der Waals surface area contributed by atoms with Crippen LogP contribution in [0.5, 0.6) is 0 Å². The number of hydrogen-bond donors (Lipinski definition) is 3. The molecule has 2 heterocycles. The van der Waals surface area contributed by atoms with Crippen molar-refractivity contribution in [2.45, 2.75) is 39.7 Å². The van der Waals surface area contributed by atoms with Gasteiger partial charge in [0.1, 0.15) is 11.4 Å². The Bertz CT molecular complexity index is 1060. The van der Waals surface area contributed by atoms with Crippen LogP contribution in [0.2, 0.25) is 0 Å². The van der Waals surface area contributed by atoms with Crippen LogP contribution in [0.4, 0.5) is 10.1 Å². The third kappa shape index (κ3) is 3.97. The lowest BCUT2D eigenvalue weighted by atomic mass is 9.75. The van der Waals surface area contributed by atoms with E-state index in [4.69, 9.17) is 0 Å². The Hall–Kier alpha value is -2.51. The number of anilines is 1. The van der Waals surface area contributed by atoms with Crippen LogP contribution in [0.15, 0.2) is 23.0 Å². The molecule has 0 saturated heterocycles. The van der Waals surface area contributed by atoms with Crippen LogP contribution >= 0.6 is 12.4 Å². The van der Waals surface area contributed by atoms with Gasteiger partial charge in [0.2, 0.25) is 0 Å². The molecule has 0 saturated carbocycles. The summed E-state index contributed by atoms with van der Waals surface area (Å²) in [5.41, 5.74) is 1.38. The molecular formula is C21H23ClFN3O3. The fourth-order valence-electron chi connectivity index (χ4n) is 4.02. The SMILES string of the molecule is CC1(C)CC(=O)c2cc(C(=O)Nc3ccc4c(c3F)CCNC4)c(=O)[nH]c2C1.Cl. The molecule has 0 unspecified atom stereocenters. The first-order chi connectivity index (χ1) is 13.2. The van der Waals surface area contributed by atoms with E-state index < -0.39 is 17.3 Å². The maximum absolute atomic E-state index is 14.8. The van der Waals surface area contributed by atoms with E-state index in [2.05, 4.69) is 15.6 Å². The van der Waals surface area contributed by atoms with E-state index in [9.17, 15) is 18.8 Å². The van der Waals surface area contributed by atoms with Gasteiger partial charge >= 0.3 is 0 Å². The molecule has 4 rings (SSSR count). The van der Waals surface area contributed by atoms with Crippen LogP contribution < -0.4 is 16.2 Å². The van der Waals surface area contributed by atoms with Crippen LogP contribution in [-0.2, 0) is 19.4 Å². The van der Waals surface area contributed by atoms with Gasteiger partial charge in [0, 0.05) is 24.2 Å². The summed E-state index contributed by atoms with van der Waals surface area (Å²) in [6.45, 7) is 5.18. The highest BCUT2D eigenvalue weighted by molar-refractivity contribution is 6.06. The highest BCUT2D eigenvalue weighted by atomic mass is 35.5. The van der Waals surface area contributed by atoms with Gasteiger partial charge in [-0.3, -0.25) is 14.4 Å². The number of amides is 1. The van der Waals surface area contributed by atoms with Crippen LogP contribution in [-0.4, -0.2) is 23.2 Å². The molecule has 1 amide bonds. The van der Waals surface area contributed by atoms with Crippen LogP contribution in [0.3, 0.4) is 0 Å². The third-order valence-corrected chi connectivity index (χ3v) is 5.42. The standard InChI is InChI=1S/C21H22FN3O3.ClH/c1-21(2)8-16-13(17(26)9-21)7-14(20(28)25-16)19(27)24-15-4-3-11-10-23-6-5-12(11)18(15)22;/h3-4,7,23H,5-6,8-10H2,1-2H3,(H,24,27)(H,25,28);1H. The summed E-state index contributed by atoms with van der Waals surface area (Å²) < 4.78 is 14.8. The zero-order valence-electron chi connectivity index (χ0n) is 16.3. The summed E-state index contributed by atoms with van der Waals surface area (Å²) in [6.07, 6.45) is 1.44. The van der Waals surface area contributed by atoms with Crippen molar-refractivity contribution in [3.05, 3.63) is 62.3 Å². The molecule has 8 heteroatoms. The molecule has 6 nitrogen and oxygen atoms in total. The van der Waals surface area contributed by atoms with Gasteiger partial charge in [-0.2, -0.15) is 0 Å². The van der Waals surface area contributed by atoms with E-state index in [0.29, 0.717) is 49.2 Å². The maximum Gasteiger partial charge on any atom is 0.261 e. The van der Waals surface area contributed by atoms with Crippen molar-refractivity contribution in [1.82, 2.24) is 10.3 Å². The van der Waals surface area contributed by atoms with E-state index in [-0.39, 0.29) is 34.9 Å². The maximum atomic E-state index is 14.8. The van der Waals surface area contributed by atoms with Gasteiger partial charge in [0.15, 0.2) is 5.78 Å². The quantitative estimate of drug-likeness (QED) is 0.697. The fraction of sp³-hybridized carbons (Fsp3) is 0.381. The first-order valence-corrected chi connectivity index (χ1v) is 9.37. The Morgan fingerprint density at radius 2 is 1.97 bits per heavy atom. The number of pyridine rings is 1. The topological polar surface area (TPSA) is 91.1 Å². The monoisotopic (exact) mass is 419 g/mol. The minimum absolute atomic E-state index is 0. The summed E-state index contributed by atoms with van der Waals surface area (Å²) >= 11 is 0. The number of benzene rings is 1. The molecule has 1 aromatic carbocycles. The van der Waals surface area contributed by atoms with Gasteiger partial charge < -0.3 is 15.6 Å². The van der Waals surface area contributed by atoms with Crippen molar-refractivity contribution >= 4 is 29.8 Å². The molecule has 1 aliphatic heterocycles. The molecule has 154 valence electrons. The average molecular weight is 420 g/mol. The molecule has 0 atom stereocenters. The lowest BCUT2D eigenvalue weighted by Crippen LogP contribution is -2.33. The molecule has 0 bridgehead atoms. The summed E-state index contributed by atoms with van der Waals surface area (Å²) in [4.78, 5) is 40.2. The summed E-state index contributed by atoms with van der Waals surface area (Å²) in [6, 6.07) is 4.60. The van der Waals surface area contributed by atoms with Crippen LogP contribution in [0, 0.1) is 11.2 Å². The second-order valence-corrected chi connectivity index (χ2v) is 8.29. The van der Waals surface area contributed by atoms with Crippen molar-refractivity contribution in [3.63, 3.8) is 0 Å². The zero-order valence-corrected chi connectivity index (χ0v) is 17.1. The molecule has 2 aromatic rings. The van der Waals surface area contributed by atoms with E-state index in [1.54, 1.807) is 6.07 Å². The number of hydrogen-bond acceptors (Lipinski definition) is 4. The number of nitrogens with one attached hydrogen (secondary N) is 3. The van der Waals surface area contributed by atoms with Gasteiger partial charge in [-0.1, -0.05) is 19.9 Å². The number of halogens is 2. The molecule has 3 N–H and O–H groups in total. The lowest BCUT2D eigenvalue weighted by molar-refractivity contribution is 0.0910. The third-order valence-electron chi connectivity index (χ3n) is 5.42. The van der Waals surface area contributed by atoms with E-state index >= 15 is 0 Å². The number of carbonyl (C=O) groups is 2. The number of aromatic nitrogens is 1. The number of H-pyrrole nitrogens is 1. The molecule has 2 aliphatic rings. The Labute approximate surface area is 173 Å². The van der Waals surface area contributed by atoms with E-state index in [1.807, 2.05) is 13.8 Å². The first-order valence-electron chi connectivity index (χ1n) is 9.37. The van der Waals surface area contributed by atoms with E-state index in [0.717, 1.165) is 5.56 Å². The highest BCUT2D eigenvalue weighted by Gasteiger charge is 2.32. The lowest BCUT2D eigenvalue weighted by Gasteiger charge is -2.29. The predicted molar refractivity (Wildman–Crippen MR) is 111 cm³/mol. The summed E-state index contributed by atoms with van der Waals surface area (Å²) in [5, 5.41) is 5.66. The van der Waals surface area contributed by atoms with Crippen molar-refractivity contribution in [1.29, 1.82) is 0 Å². The van der Waals surface area contributed by atoms with Gasteiger partial charge in [-0.05, 0) is 48.1 Å². The Morgan fingerprint density at radius 1 is 1.21 bits per heavy atom. The summed E-state index contributed by atoms with van der Waals surface area (Å²) in [7, 11) is 0. The first kappa shape index (κ1) is 21.2. The Morgan fingerprint density at radius 3 is 2.72 bits per heavy atom. The molecule has 0 fully saturated rings. The van der Waals surface area contributed by atoms with Gasteiger partial charge in [-0.25, -0.2) is 4.39 Å². The fourth-order valence-corrected chi connectivity index (χ4v) is 4.02. The average Bonchev–Trinajstić information content (AvgIpc) is 2.62. The minimum Gasteiger partial charge on any atom is -0.325 e. The normalized spacial score (nSPS) is 17.0. The van der Waals surface area contributed by atoms with Crippen LogP contribution in [0.25, 0.3) is 0 Å². The van der Waals surface area contributed by atoms with Crippen molar-refractivity contribution < 1.29 is 14.0 Å². The van der Waals surface area contributed by atoms with Crippen molar-refractivity contribution in [3.8, 4) is 0 Å². The largest absolute Gasteiger partial charge is 0.325 e. The number of carbonyl (C=O) groups excluding carboxylic acids is 2. The van der Waals surface area contributed by atoms with Gasteiger partial charge in [0.05, 0.1) is 5.69 Å². The molecule has 1 aliphatic carbocycles. The van der Waals surface area contributed by atoms with Crippen LogP contribution in [0.1, 0.15) is 57.8 Å². The Balaban J connectivity index is 0.00000240. The molecule has 0 radical (unpaired) electrons. The molecule has 1 aromatic heterocycles. The second-order valence-electron chi connectivity index (χ2n) is 8.29. The molecule has 29 heavy (non-hydrogen) atoms. The van der Waals surface area contributed by atoms with Gasteiger partial charge in [0.25, 0.3) is 11.5 Å². The zero-order chi connectivity index (χ0) is 20.1. The Kier molecular flexibility index (Phi) is 5.65. The van der Waals surface area contributed by atoms with E-state index in [1.165, 1.54) is 12.1 Å². The second kappa shape index (κ2) is 7.72. The number of rotatable bonds is 2. The number of ketones is 1. The van der Waals surface area contributed by atoms with Crippen molar-refractivity contribution in [2.24, 2.45) is 5.41 Å². The number of Topliss-reactive ketones (excluding diaryl/α,β-unsaturated/α-hetero) is 1. The predicted octanol–water partition coefficient (Wildman–Crippen LogP) is 2.99. The van der Waals surface area contributed by atoms with Crippen molar-refractivity contribution in [2.75, 3.05) is 11.9 Å². The smallest absolute Gasteiger partial charge is 0.261 e. The van der Waals surface area contributed by atoms with Gasteiger partial charge in [-0.15, -0.1) is 12.4 Å². The molecular weight excluding hydrogens is 397 g/mol. The highest BCUT2D eigenvalue weighted by Crippen LogP contribution is 2.33. The number of aromatic amines is 1.